The fourth-order valence-electron chi connectivity index (χ4n) is 3.67. The molecule has 180 valence electrons. The van der Waals surface area contributed by atoms with Gasteiger partial charge in [-0.05, 0) is 18.9 Å². The van der Waals surface area contributed by atoms with Crippen LogP contribution in [0, 0.1) is 0 Å². The molecule has 1 amide bonds. The van der Waals surface area contributed by atoms with Crippen molar-refractivity contribution in [1.82, 2.24) is 19.3 Å². The molecule has 0 spiro atoms. The van der Waals surface area contributed by atoms with Gasteiger partial charge in [0.05, 0.1) is 11.4 Å². The van der Waals surface area contributed by atoms with Gasteiger partial charge in [-0.2, -0.15) is 5.10 Å². The van der Waals surface area contributed by atoms with Crippen LogP contribution in [0.15, 0.2) is 38.6 Å². The highest BCUT2D eigenvalue weighted by Gasteiger charge is 2.25. The van der Waals surface area contributed by atoms with Crippen LogP contribution >= 0.6 is 0 Å². The van der Waals surface area contributed by atoms with Crippen LogP contribution in [0.5, 0.6) is 0 Å². The maximum absolute atomic E-state index is 13.3. The van der Waals surface area contributed by atoms with E-state index in [2.05, 4.69) is 10.1 Å². The molecule has 3 N–H and O–H groups in total. The number of H-pyrrole nitrogens is 1. The van der Waals surface area contributed by atoms with Crippen LogP contribution in [-0.4, -0.2) is 37.8 Å². The lowest BCUT2D eigenvalue weighted by Gasteiger charge is -2.24. The molecule has 3 aromatic rings. The Bertz CT molecular complexity index is 1420. The van der Waals surface area contributed by atoms with Crippen molar-refractivity contribution >= 4 is 34.2 Å². The molecule has 0 radical (unpaired) electrons. The molecule has 12 nitrogen and oxygen atoms in total. The first-order valence-corrected chi connectivity index (χ1v) is 10.8. The summed E-state index contributed by atoms with van der Waals surface area (Å²) in [5.74, 6) is -2.50. The zero-order valence-electron chi connectivity index (χ0n) is 18.9. The predicted molar refractivity (Wildman–Crippen MR) is 124 cm³/mol. The minimum atomic E-state index is -1.60. The zero-order valence-corrected chi connectivity index (χ0v) is 18.9. The number of nitrogens with one attached hydrogen (secondary N) is 1. The molecule has 12 heteroatoms. The number of nitrogen functional groups attached to an aromatic ring is 1. The first-order valence-electron chi connectivity index (χ1n) is 10.8. The second-order valence-electron chi connectivity index (χ2n) is 7.69. The molecule has 0 aliphatic heterocycles. The third kappa shape index (κ3) is 4.60. The Morgan fingerprint density at radius 3 is 2.41 bits per heavy atom. The minimum absolute atomic E-state index is 0.0541. The molecule has 3 rings (SSSR count). The molecule has 34 heavy (non-hydrogen) atoms. The first kappa shape index (κ1) is 24.4. The van der Waals surface area contributed by atoms with Crippen LogP contribution in [-0.2, 0) is 17.9 Å². The number of benzene rings is 1. The fraction of sp³-hybridized carbons (Fsp3) is 0.364. The van der Waals surface area contributed by atoms with Crippen LogP contribution in [0.4, 0.5) is 11.5 Å². The van der Waals surface area contributed by atoms with Gasteiger partial charge in [0, 0.05) is 18.5 Å². The van der Waals surface area contributed by atoms with Crippen LogP contribution < -0.4 is 32.5 Å². The monoisotopic (exact) mass is 469 g/mol. The Hall–Kier alpha value is -4.22. The number of carboxylic acids is 1. The standard InChI is InChI=1S/C22H26N6O6/c1-3-5-11-26(17-18(23)27(10-4-2)22(34)24-19(17)30)15(29)12-28-20(31)14-9-7-6-8-13(14)16(25-28)21(32)33/h6-9H,3-5,10-12,23H2,1-2H3,(H,32,33)(H,24,30,34)/p-1. The largest absolute Gasteiger partial charge is 0.543 e. The summed E-state index contributed by atoms with van der Waals surface area (Å²) >= 11 is 0. The van der Waals surface area contributed by atoms with Crippen molar-refractivity contribution in [3.05, 3.63) is 61.2 Å². The summed E-state index contributed by atoms with van der Waals surface area (Å²) < 4.78 is 1.89. The van der Waals surface area contributed by atoms with Gasteiger partial charge in [-0.3, -0.25) is 23.9 Å². The van der Waals surface area contributed by atoms with Crippen molar-refractivity contribution in [3.63, 3.8) is 0 Å². The molecule has 0 aliphatic rings. The quantitative estimate of drug-likeness (QED) is 0.419. The van der Waals surface area contributed by atoms with Crippen LogP contribution in [0.25, 0.3) is 10.8 Å². The van der Waals surface area contributed by atoms with E-state index in [9.17, 15) is 29.1 Å². The van der Waals surface area contributed by atoms with E-state index in [4.69, 9.17) is 5.73 Å². The highest BCUT2D eigenvalue weighted by molar-refractivity contribution is 6.00. The van der Waals surface area contributed by atoms with Crippen molar-refractivity contribution in [1.29, 1.82) is 0 Å². The maximum atomic E-state index is 13.3. The average Bonchev–Trinajstić information content (AvgIpc) is 2.80. The summed E-state index contributed by atoms with van der Waals surface area (Å²) in [7, 11) is 0. The number of amides is 1. The number of aromatic amines is 1. The predicted octanol–water partition coefficient (Wildman–Crippen LogP) is -0.564. The molecule has 0 saturated heterocycles. The molecule has 0 bridgehead atoms. The Morgan fingerprint density at radius 2 is 1.79 bits per heavy atom. The Morgan fingerprint density at radius 1 is 1.12 bits per heavy atom. The van der Waals surface area contributed by atoms with Gasteiger partial charge in [0.2, 0.25) is 5.91 Å². The number of nitrogens with two attached hydrogens (primary N) is 1. The fourth-order valence-corrected chi connectivity index (χ4v) is 3.67. The summed E-state index contributed by atoms with van der Waals surface area (Å²) in [6.45, 7) is 3.37. The zero-order chi connectivity index (χ0) is 25.0. The van der Waals surface area contributed by atoms with E-state index < -0.39 is 40.9 Å². The van der Waals surface area contributed by atoms with Crippen molar-refractivity contribution < 1.29 is 14.7 Å². The summed E-state index contributed by atoms with van der Waals surface area (Å²) in [6, 6.07) is 5.95. The number of aromatic nitrogens is 4. The second-order valence-corrected chi connectivity index (χ2v) is 7.69. The lowest BCUT2D eigenvalue weighted by Crippen LogP contribution is -2.44. The van der Waals surface area contributed by atoms with Crippen molar-refractivity contribution in [2.75, 3.05) is 17.2 Å². The van der Waals surface area contributed by atoms with Crippen LogP contribution in [0.2, 0.25) is 0 Å². The number of nitrogens with zero attached hydrogens (tertiary/aromatic N) is 4. The molecule has 0 fully saturated rings. The van der Waals surface area contributed by atoms with Gasteiger partial charge in [-0.25, -0.2) is 9.48 Å². The number of carbonyl (C=O) groups is 2. The number of carbonyl (C=O) groups excluding carboxylic acids is 2. The molecule has 1 aromatic carbocycles. The third-order valence-electron chi connectivity index (χ3n) is 5.31. The Labute approximate surface area is 193 Å². The van der Waals surface area contributed by atoms with Gasteiger partial charge in [0.15, 0.2) is 5.69 Å². The number of aromatic carboxylic acids is 1. The number of unbranched alkanes of at least 4 members (excludes halogenated alkanes) is 1. The number of anilines is 2. The van der Waals surface area contributed by atoms with Crippen molar-refractivity contribution in [2.24, 2.45) is 0 Å². The molecule has 0 unspecified atom stereocenters. The van der Waals surface area contributed by atoms with Gasteiger partial charge in [-0.15, -0.1) is 0 Å². The normalized spacial score (nSPS) is 11.0. The van der Waals surface area contributed by atoms with E-state index in [0.29, 0.717) is 19.3 Å². The lowest BCUT2D eigenvalue weighted by atomic mass is 10.1. The highest BCUT2D eigenvalue weighted by atomic mass is 16.4. The van der Waals surface area contributed by atoms with Gasteiger partial charge in [-0.1, -0.05) is 38.5 Å². The highest BCUT2D eigenvalue weighted by Crippen LogP contribution is 2.19. The molecular weight excluding hydrogens is 444 g/mol. The van der Waals surface area contributed by atoms with Crippen molar-refractivity contribution in [2.45, 2.75) is 46.2 Å². The van der Waals surface area contributed by atoms with E-state index in [1.165, 1.54) is 12.1 Å². The molecule has 0 saturated carbocycles. The van der Waals surface area contributed by atoms with E-state index >= 15 is 0 Å². The van der Waals surface area contributed by atoms with E-state index in [0.717, 1.165) is 14.1 Å². The Balaban J connectivity index is 2.12. The first-order chi connectivity index (χ1) is 16.2. The van der Waals surface area contributed by atoms with Crippen LogP contribution in [0.1, 0.15) is 43.6 Å². The van der Waals surface area contributed by atoms with E-state index in [-0.39, 0.29) is 35.4 Å². The number of fused-ring (bicyclic) bond motifs is 1. The van der Waals surface area contributed by atoms with E-state index in [1.54, 1.807) is 12.1 Å². The number of hydrogen-bond donors (Lipinski definition) is 2. The summed E-state index contributed by atoms with van der Waals surface area (Å²) in [5.41, 5.74) is 3.21. The second kappa shape index (κ2) is 10.1. The number of rotatable bonds is 9. The topological polar surface area (TPSA) is 176 Å². The molecular formula is C22H25N6O6-. The van der Waals surface area contributed by atoms with Crippen LogP contribution in [0.3, 0.4) is 0 Å². The molecule has 2 heterocycles. The van der Waals surface area contributed by atoms with Crippen molar-refractivity contribution in [3.8, 4) is 0 Å². The number of carboxylic acid groups (broad SMARTS) is 1. The molecule has 0 atom stereocenters. The Kier molecular flexibility index (Phi) is 7.29. The van der Waals surface area contributed by atoms with Gasteiger partial charge < -0.3 is 20.5 Å². The van der Waals surface area contributed by atoms with Gasteiger partial charge in [0.1, 0.15) is 18.1 Å². The maximum Gasteiger partial charge on any atom is 0.330 e. The van der Waals surface area contributed by atoms with Gasteiger partial charge >= 0.3 is 5.69 Å². The van der Waals surface area contributed by atoms with E-state index in [1.807, 2.05) is 13.8 Å². The summed E-state index contributed by atoms with van der Waals surface area (Å²) in [4.78, 5) is 65.9. The van der Waals surface area contributed by atoms with Gasteiger partial charge in [0.25, 0.3) is 11.1 Å². The smallest absolute Gasteiger partial charge is 0.330 e. The third-order valence-corrected chi connectivity index (χ3v) is 5.31. The molecule has 0 aliphatic carbocycles. The average molecular weight is 469 g/mol. The SMILES string of the molecule is CCCCN(C(=O)Cn1nc(C(=O)[O-])c2ccccc2c1=O)c1c(N)n(CCC)c(=O)[nH]c1=O. The lowest BCUT2D eigenvalue weighted by molar-refractivity contribution is -0.255. The summed E-state index contributed by atoms with van der Waals surface area (Å²) in [6.07, 6.45) is 1.74. The number of hydrogen-bond acceptors (Lipinski definition) is 8. The summed E-state index contributed by atoms with van der Waals surface area (Å²) in [5, 5.41) is 15.6. The minimum Gasteiger partial charge on any atom is -0.543 e. The molecule has 2 aromatic heterocycles.